The Kier molecular flexibility index (Phi) is 6.99. The van der Waals surface area contributed by atoms with Crippen molar-refractivity contribution in [2.24, 2.45) is 0 Å². The minimum atomic E-state index is -1.27. The van der Waals surface area contributed by atoms with Gasteiger partial charge < -0.3 is 14.8 Å². The zero-order valence-electron chi connectivity index (χ0n) is 20.9. The lowest BCUT2D eigenvalue weighted by Gasteiger charge is -2.27. The summed E-state index contributed by atoms with van der Waals surface area (Å²) in [5.74, 6) is -0.384. The lowest BCUT2D eigenvalue weighted by Crippen LogP contribution is -2.48. The van der Waals surface area contributed by atoms with Gasteiger partial charge >= 0.3 is 0 Å². The molecule has 7 nitrogen and oxygen atoms in total. The van der Waals surface area contributed by atoms with Crippen molar-refractivity contribution in [1.82, 2.24) is 24.8 Å². The van der Waals surface area contributed by atoms with E-state index in [2.05, 4.69) is 29.1 Å². The first kappa shape index (κ1) is 24.6. The molecule has 4 aromatic rings. The molecule has 3 unspecified atom stereocenters. The van der Waals surface area contributed by atoms with Crippen molar-refractivity contribution in [2.45, 2.75) is 51.0 Å². The molecule has 0 radical (unpaired) electrons. The minimum absolute atomic E-state index is 0.0165. The summed E-state index contributed by atoms with van der Waals surface area (Å²) in [4.78, 5) is 37.1. The van der Waals surface area contributed by atoms with Crippen LogP contribution < -0.4 is 5.32 Å². The molecule has 0 aliphatic carbocycles. The first-order valence-electron chi connectivity index (χ1n) is 12.5. The largest absolute Gasteiger partial charge is 0.342 e. The number of hydrogen-bond donors (Lipinski definition) is 1. The summed E-state index contributed by atoms with van der Waals surface area (Å²) >= 11 is 0. The van der Waals surface area contributed by atoms with E-state index in [9.17, 15) is 14.0 Å². The van der Waals surface area contributed by atoms with Gasteiger partial charge in [0.15, 0.2) is 0 Å². The number of para-hydroxylation sites is 2. The molecule has 0 saturated carbocycles. The summed E-state index contributed by atoms with van der Waals surface area (Å²) in [6, 6.07) is 19.5. The molecule has 1 saturated heterocycles. The number of nitrogens with one attached hydrogen (secondary N) is 1. The first-order valence-corrected chi connectivity index (χ1v) is 12.5. The predicted molar refractivity (Wildman–Crippen MR) is 140 cm³/mol. The molecule has 3 heterocycles. The number of carbonyl (C=O) groups excluding carboxylic acids is 2. The molecule has 5 rings (SSSR count). The molecule has 0 bridgehead atoms. The minimum Gasteiger partial charge on any atom is -0.342 e. The van der Waals surface area contributed by atoms with Crippen LogP contribution in [0.1, 0.15) is 49.0 Å². The Balaban J connectivity index is 1.37. The van der Waals surface area contributed by atoms with Gasteiger partial charge in [0.1, 0.15) is 18.8 Å². The molecule has 1 N–H and O–H groups in total. The van der Waals surface area contributed by atoms with E-state index >= 15 is 0 Å². The normalized spacial score (nSPS) is 18.3. The molecular formula is C29H30FN5O2. The van der Waals surface area contributed by atoms with Crippen LogP contribution in [-0.2, 0) is 16.1 Å². The Labute approximate surface area is 215 Å². The zero-order chi connectivity index (χ0) is 25.9. The monoisotopic (exact) mass is 499 g/mol. The first-order chi connectivity index (χ1) is 17.9. The molecular weight excluding hydrogens is 469 g/mol. The fourth-order valence-electron chi connectivity index (χ4n) is 4.82. The van der Waals surface area contributed by atoms with E-state index in [0.29, 0.717) is 11.6 Å². The van der Waals surface area contributed by atoms with Gasteiger partial charge in [-0.2, -0.15) is 0 Å². The van der Waals surface area contributed by atoms with Crippen LogP contribution in [-0.4, -0.2) is 50.0 Å². The maximum absolute atomic E-state index is 14.6. The van der Waals surface area contributed by atoms with Gasteiger partial charge in [0.05, 0.1) is 35.6 Å². The van der Waals surface area contributed by atoms with Crippen molar-refractivity contribution in [3.8, 4) is 0 Å². The van der Waals surface area contributed by atoms with Gasteiger partial charge in [-0.05, 0) is 35.2 Å². The lowest BCUT2D eigenvalue weighted by atomic mass is 10.00. The average Bonchev–Trinajstić information content (AvgIpc) is 3.51. The number of carbonyl (C=O) groups is 2. The van der Waals surface area contributed by atoms with Crippen LogP contribution in [0.3, 0.4) is 0 Å². The Morgan fingerprint density at radius 1 is 1.00 bits per heavy atom. The van der Waals surface area contributed by atoms with Gasteiger partial charge in [0, 0.05) is 12.6 Å². The summed E-state index contributed by atoms with van der Waals surface area (Å²) in [7, 11) is 0. The highest BCUT2D eigenvalue weighted by molar-refractivity contribution is 5.89. The van der Waals surface area contributed by atoms with Gasteiger partial charge in [0.2, 0.25) is 11.8 Å². The van der Waals surface area contributed by atoms with E-state index in [-0.39, 0.29) is 25.4 Å². The molecule has 37 heavy (non-hydrogen) atoms. The van der Waals surface area contributed by atoms with Crippen LogP contribution in [0.15, 0.2) is 79.3 Å². The number of likely N-dealkylation sites (tertiary alicyclic amines) is 1. The molecule has 1 aliphatic heterocycles. The number of amides is 2. The van der Waals surface area contributed by atoms with Crippen LogP contribution in [0.2, 0.25) is 0 Å². The van der Waals surface area contributed by atoms with E-state index in [0.717, 1.165) is 22.2 Å². The number of pyridine rings is 1. The number of fused-ring (bicyclic) bond motifs is 1. The van der Waals surface area contributed by atoms with Crippen LogP contribution in [0, 0.1) is 0 Å². The van der Waals surface area contributed by atoms with Gasteiger partial charge in [0.25, 0.3) is 0 Å². The van der Waals surface area contributed by atoms with E-state index in [4.69, 9.17) is 0 Å². The van der Waals surface area contributed by atoms with Gasteiger partial charge in [-0.25, -0.2) is 9.37 Å². The number of halogens is 1. The summed E-state index contributed by atoms with van der Waals surface area (Å²) in [5, 5.41) is 3.05. The smallest absolute Gasteiger partial charge is 0.243 e. The second-order valence-electron chi connectivity index (χ2n) is 9.78. The predicted octanol–water partition coefficient (Wildman–Crippen LogP) is 4.40. The Bertz CT molecular complexity index is 1390. The van der Waals surface area contributed by atoms with Crippen molar-refractivity contribution in [2.75, 3.05) is 6.54 Å². The fraction of sp³-hybridized carbons (Fsp3) is 0.310. The fourth-order valence-corrected chi connectivity index (χ4v) is 4.82. The molecule has 1 aliphatic rings. The summed E-state index contributed by atoms with van der Waals surface area (Å²) in [5.41, 5.74) is 4.23. The van der Waals surface area contributed by atoms with Gasteiger partial charge in [-0.15, -0.1) is 0 Å². The van der Waals surface area contributed by atoms with Crippen LogP contribution in [0.5, 0.6) is 0 Å². The van der Waals surface area contributed by atoms with E-state index < -0.39 is 24.2 Å². The molecule has 8 heteroatoms. The van der Waals surface area contributed by atoms with Crippen molar-refractivity contribution in [1.29, 1.82) is 0 Å². The second-order valence-corrected chi connectivity index (χ2v) is 9.78. The number of nitrogens with zero attached hydrogens (tertiary/aromatic N) is 4. The summed E-state index contributed by atoms with van der Waals surface area (Å²) < 4.78 is 16.3. The molecule has 0 spiro atoms. The highest BCUT2D eigenvalue weighted by Crippen LogP contribution is 2.26. The number of benzene rings is 2. The Morgan fingerprint density at radius 2 is 1.76 bits per heavy atom. The van der Waals surface area contributed by atoms with Crippen LogP contribution in [0.25, 0.3) is 11.0 Å². The summed E-state index contributed by atoms with van der Waals surface area (Å²) in [6.45, 7) is 4.07. The molecule has 1 fully saturated rings. The van der Waals surface area contributed by atoms with Crippen molar-refractivity contribution >= 4 is 22.8 Å². The number of rotatable bonds is 7. The maximum Gasteiger partial charge on any atom is 0.243 e. The van der Waals surface area contributed by atoms with E-state index in [1.54, 1.807) is 10.9 Å². The lowest BCUT2D eigenvalue weighted by molar-refractivity contribution is -0.139. The molecule has 2 aromatic heterocycles. The maximum atomic E-state index is 14.6. The number of imidazole rings is 1. The molecule has 190 valence electrons. The SMILES string of the molecule is CC(C)c1ccc(C(NC(=O)C2CC(F)CN2C(=O)Cn2cnc3ccccc32)c2ccccc2)nc1. The third-order valence-electron chi connectivity index (χ3n) is 6.90. The van der Waals surface area contributed by atoms with E-state index in [1.165, 1.54) is 4.90 Å². The molecule has 3 atom stereocenters. The average molecular weight is 500 g/mol. The van der Waals surface area contributed by atoms with Gasteiger partial charge in [-0.3, -0.25) is 14.6 Å². The van der Waals surface area contributed by atoms with Crippen molar-refractivity contribution in [3.63, 3.8) is 0 Å². The van der Waals surface area contributed by atoms with Gasteiger partial charge in [-0.1, -0.05) is 62.4 Å². The topological polar surface area (TPSA) is 80.1 Å². The molecule has 2 aromatic carbocycles. The zero-order valence-corrected chi connectivity index (χ0v) is 20.9. The summed E-state index contributed by atoms with van der Waals surface area (Å²) in [6.07, 6.45) is 2.11. The highest BCUT2D eigenvalue weighted by atomic mass is 19.1. The third-order valence-corrected chi connectivity index (χ3v) is 6.90. The molecule has 2 amide bonds. The number of aromatic nitrogens is 3. The van der Waals surface area contributed by atoms with E-state index in [1.807, 2.05) is 72.9 Å². The third kappa shape index (κ3) is 5.23. The number of alkyl halides is 1. The highest BCUT2D eigenvalue weighted by Gasteiger charge is 2.40. The number of hydrogen-bond acceptors (Lipinski definition) is 4. The Morgan fingerprint density at radius 3 is 2.49 bits per heavy atom. The Hall–Kier alpha value is -4.07. The quantitative estimate of drug-likeness (QED) is 0.409. The standard InChI is InChI=1S/C29H30FN5O2/c1-19(2)21-12-13-24(31-15-21)28(20-8-4-3-5-9-20)33-29(37)26-14-22(30)16-35(26)27(36)17-34-18-32-23-10-6-7-11-25(23)34/h3-13,15,18-19,22,26,28H,14,16-17H2,1-2H3,(H,33,37). The van der Waals surface area contributed by atoms with Crippen molar-refractivity contribution < 1.29 is 14.0 Å². The van der Waals surface area contributed by atoms with Crippen molar-refractivity contribution in [3.05, 3.63) is 96.1 Å². The second kappa shape index (κ2) is 10.5. The van der Waals surface area contributed by atoms with Crippen LogP contribution >= 0.6 is 0 Å². The van der Waals surface area contributed by atoms with Crippen LogP contribution in [0.4, 0.5) is 4.39 Å².